The maximum Gasteiger partial charge on any atom is 0.125 e. The molecule has 0 saturated heterocycles. The van der Waals surface area contributed by atoms with E-state index in [-0.39, 0.29) is 6.04 Å². The summed E-state index contributed by atoms with van der Waals surface area (Å²) in [6.45, 7) is 2.63. The zero-order valence-electron chi connectivity index (χ0n) is 12.2. The molecule has 110 valence electrons. The van der Waals surface area contributed by atoms with Crippen LogP contribution in [-0.4, -0.2) is 23.6 Å². The molecule has 0 saturated carbocycles. The van der Waals surface area contributed by atoms with Gasteiger partial charge in [0.25, 0.3) is 0 Å². The lowest BCUT2D eigenvalue weighted by Crippen LogP contribution is -2.20. The van der Waals surface area contributed by atoms with Crippen LogP contribution in [0.5, 0.6) is 5.75 Å². The molecule has 0 bridgehead atoms. The standard InChI is InChI=1S/C16H18ClN3O/c1-10-19-5-3-14(20-10)15(18-2)9-12-8-13(17)7-11-4-6-21-16(11)12/h3,5,7-8,15,18H,4,6,9H2,1-2H3. The minimum atomic E-state index is 0.110. The third-order valence-corrected chi connectivity index (χ3v) is 3.97. The van der Waals surface area contributed by atoms with Gasteiger partial charge >= 0.3 is 0 Å². The van der Waals surface area contributed by atoms with Gasteiger partial charge in [0, 0.05) is 17.6 Å². The fraction of sp³-hybridized carbons (Fsp3) is 0.375. The van der Waals surface area contributed by atoms with Gasteiger partial charge in [-0.1, -0.05) is 11.6 Å². The summed E-state index contributed by atoms with van der Waals surface area (Å²) in [7, 11) is 1.94. The van der Waals surface area contributed by atoms with Crippen LogP contribution in [0.25, 0.3) is 0 Å². The lowest BCUT2D eigenvalue weighted by atomic mass is 9.99. The van der Waals surface area contributed by atoms with Crippen molar-refractivity contribution in [2.45, 2.75) is 25.8 Å². The van der Waals surface area contributed by atoms with Crippen LogP contribution in [0.2, 0.25) is 5.02 Å². The second-order valence-corrected chi connectivity index (χ2v) is 5.66. The van der Waals surface area contributed by atoms with Crippen LogP contribution < -0.4 is 10.1 Å². The van der Waals surface area contributed by atoms with Gasteiger partial charge in [-0.3, -0.25) is 0 Å². The van der Waals surface area contributed by atoms with Crippen LogP contribution in [-0.2, 0) is 12.8 Å². The Labute approximate surface area is 129 Å². The third kappa shape index (κ3) is 3.01. The molecular formula is C16H18ClN3O. The van der Waals surface area contributed by atoms with E-state index in [4.69, 9.17) is 16.3 Å². The van der Waals surface area contributed by atoms with E-state index in [1.807, 2.05) is 32.2 Å². The van der Waals surface area contributed by atoms with Crippen LogP contribution in [0.4, 0.5) is 0 Å². The molecule has 1 aliphatic rings. The Balaban J connectivity index is 1.91. The number of benzene rings is 1. The van der Waals surface area contributed by atoms with E-state index < -0.39 is 0 Å². The highest BCUT2D eigenvalue weighted by molar-refractivity contribution is 6.30. The van der Waals surface area contributed by atoms with E-state index in [1.165, 1.54) is 5.56 Å². The van der Waals surface area contributed by atoms with Gasteiger partial charge in [0.2, 0.25) is 0 Å². The van der Waals surface area contributed by atoms with Crippen molar-refractivity contribution < 1.29 is 4.74 Å². The Morgan fingerprint density at radius 2 is 2.29 bits per heavy atom. The number of nitrogens with one attached hydrogen (secondary N) is 1. The molecule has 0 amide bonds. The van der Waals surface area contributed by atoms with E-state index >= 15 is 0 Å². The smallest absolute Gasteiger partial charge is 0.125 e. The topological polar surface area (TPSA) is 47.0 Å². The molecule has 0 radical (unpaired) electrons. The van der Waals surface area contributed by atoms with Gasteiger partial charge in [-0.25, -0.2) is 9.97 Å². The van der Waals surface area contributed by atoms with Crippen LogP contribution in [0.1, 0.15) is 28.7 Å². The molecule has 1 unspecified atom stereocenters. The Morgan fingerprint density at radius 3 is 3.05 bits per heavy atom. The van der Waals surface area contributed by atoms with Crippen LogP contribution in [0.3, 0.4) is 0 Å². The fourth-order valence-corrected chi connectivity index (χ4v) is 3.00. The van der Waals surface area contributed by atoms with Crippen LogP contribution in [0.15, 0.2) is 24.4 Å². The van der Waals surface area contributed by atoms with E-state index in [1.54, 1.807) is 6.20 Å². The van der Waals surface area contributed by atoms with Gasteiger partial charge in [0.1, 0.15) is 11.6 Å². The summed E-state index contributed by atoms with van der Waals surface area (Å²) in [5.74, 6) is 1.77. The maximum absolute atomic E-state index is 6.22. The molecule has 3 rings (SSSR count). The highest BCUT2D eigenvalue weighted by Crippen LogP contribution is 2.35. The second kappa shape index (κ2) is 6.00. The summed E-state index contributed by atoms with van der Waals surface area (Å²) in [6, 6.07) is 6.04. The van der Waals surface area contributed by atoms with Crippen molar-refractivity contribution in [1.29, 1.82) is 0 Å². The van der Waals surface area contributed by atoms with E-state index in [2.05, 4.69) is 15.3 Å². The van der Waals surface area contributed by atoms with E-state index in [0.717, 1.165) is 47.3 Å². The van der Waals surface area contributed by atoms with Crippen molar-refractivity contribution in [2.75, 3.05) is 13.7 Å². The van der Waals surface area contributed by atoms with Crippen LogP contribution in [0, 0.1) is 6.92 Å². The molecule has 0 aliphatic carbocycles. The summed E-state index contributed by atoms with van der Waals surface area (Å²) in [4.78, 5) is 8.66. The highest BCUT2D eigenvalue weighted by Gasteiger charge is 2.21. The van der Waals surface area contributed by atoms with Crippen molar-refractivity contribution in [3.05, 3.63) is 52.1 Å². The van der Waals surface area contributed by atoms with Gasteiger partial charge in [-0.2, -0.15) is 0 Å². The van der Waals surface area contributed by atoms with Gasteiger partial charge in [0.15, 0.2) is 0 Å². The van der Waals surface area contributed by atoms with Crippen molar-refractivity contribution in [1.82, 2.24) is 15.3 Å². The van der Waals surface area contributed by atoms with Crippen molar-refractivity contribution >= 4 is 11.6 Å². The van der Waals surface area contributed by atoms with Crippen molar-refractivity contribution in [2.24, 2.45) is 0 Å². The molecule has 5 heteroatoms. The molecule has 0 spiro atoms. The largest absolute Gasteiger partial charge is 0.493 e. The summed E-state index contributed by atoms with van der Waals surface area (Å²) < 4.78 is 5.77. The first-order valence-electron chi connectivity index (χ1n) is 7.08. The molecule has 4 nitrogen and oxygen atoms in total. The molecule has 2 heterocycles. The average Bonchev–Trinajstić information content (AvgIpc) is 2.92. The minimum absolute atomic E-state index is 0.110. The number of nitrogens with zero attached hydrogens (tertiary/aromatic N) is 2. The average molecular weight is 304 g/mol. The first-order valence-corrected chi connectivity index (χ1v) is 7.46. The predicted molar refractivity (Wildman–Crippen MR) is 82.9 cm³/mol. The number of ether oxygens (including phenoxy) is 1. The predicted octanol–water partition coefficient (Wildman–Crippen LogP) is 2.88. The van der Waals surface area contributed by atoms with Crippen molar-refractivity contribution in [3.63, 3.8) is 0 Å². The molecule has 1 N–H and O–H groups in total. The summed E-state index contributed by atoms with van der Waals surface area (Å²) in [5, 5.41) is 4.08. The molecule has 1 aromatic heterocycles. The van der Waals surface area contributed by atoms with Gasteiger partial charge < -0.3 is 10.1 Å². The number of fused-ring (bicyclic) bond motifs is 1. The molecular weight excluding hydrogens is 286 g/mol. The Morgan fingerprint density at radius 1 is 1.43 bits per heavy atom. The monoisotopic (exact) mass is 303 g/mol. The minimum Gasteiger partial charge on any atom is -0.493 e. The quantitative estimate of drug-likeness (QED) is 0.943. The summed E-state index contributed by atoms with van der Waals surface area (Å²) >= 11 is 6.22. The zero-order chi connectivity index (χ0) is 14.8. The zero-order valence-corrected chi connectivity index (χ0v) is 12.9. The Kier molecular flexibility index (Phi) is 4.08. The normalized spacial score (nSPS) is 14.6. The second-order valence-electron chi connectivity index (χ2n) is 5.23. The van der Waals surface area contributed by atoms with E-state index in [0.29, 0.717) is 0 Å². The number of aryl methyl sites for hydroxylation is 1. The number of hydrogen-bond donors (Lipinski definition) is 1. The summed E-state index contributed by atoms with van der Waals surface area (Å²) in [5.41, 5.74) is 3.31. The molecule has 21 heavy (non-hydrogen) atoms. The van der Waals surface area contributed by atoms with Crippen LogP contribution >= 0.6 is 11.6 Å². The maximum atomic E-state index is 6.22. The lowest BCUT2D eigenvalue weighted by Gasteiger charge is -2.18. The first-order chi connectivity index (χ1) is 10.2. The van der Waals surface area contributed by atoms with Crippen molar-refractivity contribution in [3.8, 4) is 5.75 Å². The summed E-state index contributed by atoms with van der Waals surface area (Å²) in [6.07, 6.45) is 3.51. The molecule has 2 aromatic rings. The SMILES string of the molecule is CNC(Cc1cc(Cl)cc2c1OCC2)c1ccnc(C)n1. The number of aromatic nitrogens is 2. The molecule has 1 aromatic carbocycles. The highest BCUT2D eigenvalue weighted by atomic mass is 35.5. The fourth-order valence-electron chi connectivity index (χ4n) is 2.74. The Bertz CT molecular complexity index is 660. The molecule has 1 aliphatic heterocycles. The number of hydrogen-bond acceptors (Lipinski definition) is 4. The van der Waals surface area contributed by atoms with Gasteiger partial charge in [-0.15, -0.1) is 0 Å². The molecule has 0 fully saturated rings. The lowest BCUT2D eigenvalue weighted by molar-refractivity contribution is 0.352. The molecule has 1 atom stereocenters. The number of halogens is 1. The number of likely N-dealkylation sites (N-methyl/N-ethyl adjacent to an activating group) is 1. The first kappa shape index (κ1) is 14.3. The van der Waals surface area contributed by atoms with E-state index in [9.17, 15) is 0 Å². The third-order valence-electron chi connectivity index (χ3n) is 3.75. The number of rotatable bonds is 4. The Hall–Kier alpha value is -1.65. The van der Waals surface area contributed by atoms with Gasteiger partial charge in [0.05, 0.1) is 18.3 Å². The van der Waals surface area contributed by atoms with Gasteiger partial charge in [-0.05, 0) is 49.7 Å².